The van der Waals surface area contributed by atoms with Crippen LogP contribution in [-0.4, -0.2) is 44.3 Å². The first-order chi connectivity index (χ1) is 8.74. The Bertz CT molecular complexity index is 441. The summed E-state index contributed by atoms with van der Waals surface area (Å²) >= 11 is 0. The number of nitrogens with zero attached hydrogens (tertiary/aromatic N) is 2. The number of benzene rings is 1. The number of likely N-dealkylation sites (tertiary alicyclic amines) is 1. The predicted octanol–water partition coefficient (Wildman–Crippen LogP) is 0.931. The second-order valence-corrected chi connectivity index (χ2v) is 4.76. The number of rotatable bonds is 4. The van der Waals surface area contributed by atoms with Crippen molar-refractivity contribution in [1.29, 1.82) is 5.26 Å². The molecule has 1 heterocycles. The summed E-state index contributed by atoms with van der Waals surface area (Å²) in [6.45, 7) is 3.49. The molecule has 1 aromatic rings. The highest BCUT2D eigenvalue weighted by atomic mass is 16.5. The molecule has 18 heavy (non-hydrogen) atoms. The molecular weight excluding hydrogens is 226 g/mol. The van der Waals surface area contributed by atoms with Gasteiger partial charge in [-0.15, -0.1) is 0 Å². The SMILES string of the molecule is COCCN1CC(c2cccc(C#N)c2)[C@H](N)C1. The molecule has 1 unspecified atom stereocenters. The van der Waals surface area contributed by atoms with E-state index in [9.17, 15) is 0 Å². The number of ether oxygens (including phenoxy) is 1. The molecule has 0 aliphatic carbocycles. The molecule has 1 saturated heterocycles. The minimum absolute atomic E-state index is 0.135. The molecule has 4 heteroatoms. The topological polar surface area (TPSA) is 62.3 Å². The fourth-order valence-corrected chi connectivity index (χ4v) is 2.51. The van der Waals surface area contributed by atoms with Crippen molar-refractivity contribution in [3.8, 4) is 6.07 Å². The van der Waals surface area contributed by atoms with Crippen molar-refractivity contribution in [2.75, 3.05) is 33.4 Å². The Morgan fingerprint density at radius 1 is 1.50 bits per heavy atom. The molecule has 2 rings (SSSR count). The summed E-state index contributed by atoms with van der Waals surface area (Å²) in [5, 5.41) is 8.93. The van der Waals surface area contributed by atoms with E-state index in [1.54, 1.807) is 7.11 Å². The third-order valence-corrected chi connectivity index (χ3v) is 3.50. The summed E-state index contributed by atoms with van der Waals surface area (Å²) in [6.07, 6.45) is 0. The van der Waals surface area contributed by atoms with Gasteiger partial charge in [0.15, 0.2) is 0 Å². The first-order valence-electron chi connectivity index (χ1n) is 6.21. The zero-order chi connectivity index (χ0) is 13.0. The largest absolute Gasteiger partial charge is 0.383 e. The van der Waals surface area contributed by atoms with Gasteiger partial charge in [0.05, 0.1) is 18.2 Å². The molecule has 0 spiro atoms. The van der Waals surface area contributed by atoms with Crippen LogP contribution >= 0.6 is 0 Å². The van der Waals surface area contributed by atoms with E-state index in [0.29, 0.717) is 11.5 Å². The Kier molecular flexibility index (Phi) is 4.32. The van der Waals surface area contributed by atoms with Gasteiger partial charge < -0.3 is 10.5 Å². The van der Waals surface area contributed by atoms with Crippen molar-refractivity contribution in [1.82, 2.24) is 4.90 Å². The highest BCUT2D eigenvalue weighted by Crippen LogP contribution is 2.26. The van der Waals surface area contributed by atoms with Crippen LogP contribution in [0.5, 0.6) is 0 Å². The van der Waals surface area contributed by atoms with E-state index in [2.05, 4.69) is 17.0 Å². The second kappa shape index (κ2) is 5.96. The van der Waals surface area contributed by atoms with Gasteiger partial charge >= 0.3 is 0 Å². The van der Waals surface area contributed by atoms with Gasteiger partial charge in [-0.2, -0.15) is 5.26 Å². The summed E-state index contributed by atoms with van der Waals surface area (Å²) in [4.78, 5) is 2.32. The first-order valence-corrected chi connectivity index (χ1v) is 6.21. The molecular formula is C14H19N3O. The Labute approximate surface area is 108 Å². The summed E-state index contributed by atoms with van der Waals surface area (Å²) in [5.41, 5.74) is 8.07. The molecule has 0 amide bonds. The number of nitriles is 1. The molecule has 1 aliphatic heterocycles. The van der Waals surface area contributed by atoms with Gasteiger partial charge in [0.1, 0.15) is 0 Å². The number of hydrogen-bond donors (Lipinski definition) is 1. The third-order valence-electron chi connectivity index (χ3n) is 3.50. The summed E-state index contributed by atoms with van der Waals surface area (Å²) in [5.74, 6) is 0.315. The summed E-state index contributed by atoms with van der Waals surface area (Å²) < 4.78 is 5.09. The van der Waals surface area contributed by atoms with Crippen LogP contribution in [0, 0.1) is 11.3 Å². The highest BCUT2D eigenvalue weighted by molar-refractivity contribution is 5.35. The van der Waals surface area contributed by atoms with Crippen LogP contribution in [0.3, 0.4) is 0 Å². The van der Waals surface area contributed by atoms with Crippen LogP contribution in [0.15, 0.2) is 24.3 Å². The first kappa shape index (κ1) is 13.0. The fraction of sp³-hybridized carbons (Fsp3) is 0.500. The molecule has 1 aromatic carbocycles. The smallest absolute Gasteiger partial charge is 0.0991 e. The highest BCUT2D eigenvalue weighted by Gasteiger charge is 2.30. The van der Waals surface area contributed by atoms with Crippen molar-refractivity contribution in [3.05, 3.63) is 35.4 Å². The van der Waals surface area contributed by atoms with E-state index < -0.39 is 0 Å². The van der Waals surface area contributed by atoms with Crippen LogP contribution in [0.2, 0.25) is 0 Å². The molecule has 0 saturated carbocycles. The molecule has 1 fully saturated rings. The monoisotopic (exact) mass is 245 g/mol. The van der Waals surface area contributed by atoms with Crippen LogP contribution in [-0.2, 0) is 4.74 Å². The molecule has 2 atom stereocenters. The van der Waals surface area contributed by atoms with Crippen LogP contribution in [0.25, 0.3) is 0 Å². The zero-order valence-corrected chi connectivity index (χ0v) is 10.7. The van der Waals surface area contributed by atoms with Crippen molar-refractivity contribution < 1.29 is 4.74 Å². The molecule has 0 radical (unpaired) electrons. The minimum Gasteiger partial charge on any atom is -0.383 e. The number of methoxy groups -OCH3 is 1. The van der Waals surface area contributed by atoms with Crippen molar-refractivity contribution in [3.63, 3.8) is 0 Å². The lowest BCUT2D eigenvalue weighted by atomic mass is 9.94. The Morgan fingerprint density at radius 3 is 3.06 bits per heavy atom. The normalized spacial score (nSPS) is 24.1. The van der Waals surface area contributed by atoms with E-state index in [-0.39, 0.29) is 6.04 Å². The quantitative estimate of drug-likeness (QED) is 0.857. The molecule has 2 N–H and O–H groups in total. The van der Waals surface area contributed by atoms with E-state index in [1.807, 2.05) is 18.2 Å². The van der Waals surface area contributed by atoms with E-state index in [1.165, 1.54) is 5.56 Å². The van der Waals surface area contributed by atoms with Crippen molar-refractivity contribution in [2.24, 2.45) is 5.73 Å². The van der Waals surface area contributed by atoms with Crippen LogP contribution in [0.1, 0.15) is 17.0 Å². The zero-order valence-electron chi connectivity index (χ0n) is 10.7. The average Bonchev–Trinajstić information content (AvgIpc) is 2.77. The van der Waals surface area contributed by atoms with E-state index in [4.69, 9.17) is 15.7 Å². The third kappa shape index (κ3) is 2.88. The van der Waals surface area contributed by atoms with Gasteiger partial charge in [0.25, 0.3) is 0 Å². The molecule has 0 bridgehead atoms. The molecule has 0 aromatic heterocycles. The van der Waals surface area contributed by atoms with Gasteiger partial charge in [-0.3, -0.25) is 4.90 Å². The number of hydrogen-bond acceptors (Lipinski definition) is 4. The molecule has 1 aliphatic rings. The lowest BCUT2D eigenvalue weighted by molar-refractivity contribution is 0.160. The Hall–Kier alpha value is -1.41. The van der Waals surface area contributed by atoms with Gasteiger partial charge in [0, 0.05) is 38.7 Å². The van der Waals surface area contributed by atoms with Crippen molar-refractivity contribution in [2.45, 2.75) is 12.0 Å². The van der Waals surface area contributed by atoms with Crippen LogP contribution in [0.4, 0.5) is 0 Å². The van der Waals surface area contributed by atoms with Gasteiger partial charge in [0.2, 0.25) is 0 Å². The van der Waals surface area contributed by atoms with Gasteiger partial charge in [-0.1, -0.05) is 12.1 Å². The van der Waals surface area contributed by atoms with E-state index >= 15 is 0 Å². The van der Waals surface area contributed by atoms with Gasteiger partial charge in [-0.25, -0.2) is 0 Å². The minimum atomic E-state index is 0.135. The lowest BCUT2D eigenvalue weighted by Gasteiger charge is -2.15. The van der Waals surface area contributed by atoms with Gasteiger partial charge in [-0.05, 0) is 17.7 Å². The maximum absolute atomic E-state index is 8.93. The maximum Gasteiger partial charge on any atom is 0.0991 e. The second-order valence-electron chi connectivity index (χ2n) is 4.76. The Morgan fingerprint density at radius 2 is 2.33 bits per heavy atom. The summed E-state index contributed by atoms with van der Waals surface area (Å²) in [6, 6.07) is 10.1. The average molecular weight is 245 g/mol. The maximum atomic E-state index is 8.93. The Balaban J connectivity index is 2.07. The standard InChI is InChI=1S/C14H19N3O/c1-18-6-5-17-9-13(14(16)10-17)12-4-2-3-11(7-12)8-15/h2-4,7,13-14H,5-6,9-10,16H2,1H3/t13?,14-/m1/s1. The summed E-state index contributed by atoms with van der Waals surface area (Å²) in [7, 11) is 1.71. The molecule has 96 valence electrons. The van der Waals surface area contributed by atoms with Crippen LogP contribution < -0.4 is 5.73 Å². The number of nitrogens with two attached hydrogens (primary N) is 1. The lowest BCUT2D eigenvalue weighted by Crippen LogP contribution is -2.30. The van der Waals surface area contributed by atoms with Crippen molar-refractivity contribution >= 4 is 0 Å². The predicted molar refractivity (Wildman–Crippen MR) is 70.2 cm³/mol. The van der Waals surface area contributed by atoms with E-state index in [0.717, 1.165) is 26.2 Å². The molecule has 4 nitrogen and oxygen atoms in total. The fourth-order valence-electron chi connectivity index (χ4n) is 2.51.